The van der Waals surface area contributed by atoms with Crippen LogP contribution in [0, 0.1) is 0 Å². The Hall–Kier alpha value is -13.4. The molecular formula is C92H116N24O9. The highest BCUT2D eigenvalue weighted by atomic mass is 16.4. The Morgan fingerprint density at radius 2 is 0.744 bits per heavy atom. The summed E-state index contributed by atoms with van der Waals surface area (Å²) < 4.78 is 11.6. The van der Waals surface area contributed by atoms with E-state index in [4.69, 9.17) is 19.5 Å². The van der Waals surface area contributed by atoms with Gasteiger partial charge in [-0.15, -0.1) is 0 Å². The van der Waals surface area contributed by atoms with Crippen LogP contribution in [0.1, 0.15) is 205 Å². The van der Waals surface area contributed by atoms with E-state index in [-0.39, 0.29) is 26.2 Å². The van der Waals surface area contributed by atoms with Crippen LogP contribution in [0.15, 0.2) is 151 Å². The number of furan rings is 1. The zero-order valence-electron chi connectivity index (χ0n) is 72.3. The number of imidazole rings is 4. The fourth-order valence-corrected chi connectivity index (χ4v) is 16.2. The summed E-state index contributed by atoms with van der Waals surface area (Å²) in [5.74, 6) is 3.50. The molecule has 0 radical (unpaired) electrons. The average Bonchev–Trinajstić information content (AvgIpc) is 1.73. The molecule has 0 atom stereocenters. The number of carboxylic acid groups (broad SMARTS) is 4. The molecule has 33 nitrogen and oxygen atoms in total. The predicted octanol–water partition coefficient (Wildman–Crippen LogP) is 16.4. The fraction of sp³-hybridized carbons (Fsp3) is 0.435. The third kappa shape index (κ3) is 24.5. The van der Waals surface area contributed by atoms with Crippen LogP contribution in [0.25, 0.3) is 44.7 Å². The lowest BCUT2D eigenvalue weighted by molar-refractivity contribution is -0.138. The first-order chi connectivity index (χ1) is 60.8. The van der Waals surface area contributed by atoms with Crippen molar-refractivity contribution < 1.29 is 44.0 Å². The lowest BCUT2D eigenvalue weighted by Gasteiger charge is -2.22. The van der Waals surface area contributed by atoms with Gasteiger partial charge in [0.05, 0.1) is 38.1 Å². The summed E-state index contributed by atoms with van der Waals surface area (Å²) in [4.78, 5) is 105. The second-order valence-corrected chi connectivity index (χ2v) is 32.4. The molecule has 0 amide bonds. The van der Waals surface area contributed by atoms with Crippen molar-refractivity contribution in [2.45, 2.75) is 219 Å². The Balaban J connectivity index is 0.000000145. The van der Waals surface area contributed by atoms with E-state index >= 15 is 0 Å². The van der Waals surface area contributed by atoms with E-state index in [0.29, 0.717) is 142 Å². The third-order valence-corrected chi connectivity index (χ3v) is 22.9. The van der Waals surface area contributed by atoms with Crippen LogP contribution in [0.3, 0.4) is 0 Å². The Kier molecular flexibility index (Phi) is 31.5. The van der Waals surface area contributed by atoms with Crippen LogP contribution in [0.4, 0.5) is 47.1 Å². The van der Waals surface area contributed by atoms with E-state index in [1.54, 1.807) is 10.8 Å². The van der Waals surface area contributed by atoms with Crippen LogP contribution < -0.4 is 41.3 Å². The summed E-state index contributed by atoms with van der Waals surface area (Å²) in [5.41, 5.74) is 13.2. The number of rotatable bonds is 36. The van der Waals surface area contributed by atoms with E-state index < -0.39 is 23.9 Å². The molecule has 13 aromatic rings. The number of carbonyl (C=O) groups is 4. The number of benzene rings is 4. The van der Waals surface area contributed by atoms with Gasteiger partial charge >= 0.3 is 23.9 Å². The lowest BCUT2D eigenvalue weighted by Crippen LogP contribution is -2.19. The highest BCUT2D eigenvalue weighted by Gasteiger charge is 2.25. The summed E-state index contributed by atoms with van der Waals surface area (Å²) in [6, 6.07) is 40.3. The fourth-order valence-electron chi connectivity index (χ4n) is 16.2. The predicted molar refractivity (Wildman–Crippen MR) is 486 cm³/mol. The first-order valence-corrected chi connectivity index (χ1v) is 43.8. The zero-order chi connectivity index (χ0) is 87.6. The molecular weight excluding hydrogens is 1590 g/mol. The topological polar surface area (TPSA) is 407 Å². The second kappa shape index (κ2) is 44.1. The number of hydrogen-bond donors (Lipinski definition) is 9. The smallest absolute Gasteiger partial charge is 0.323 e. The molecule has 658 valence electrons. The quantitative estimate of drug-likeness (QED) is 0.0165. The molecule has 9 heterocycles. The van der Waals surface area contributed by atoms with Crippen LogP contribution in [-0.4, -0.2) is 163 Å². The molecule has 9 aromatic heterocycles. The van der Waals surface area contributed by atoms with Crippen molar-refractivity contribution in [1.82, 2.24) is 78.1 Å². The molecule has 3 fully saturated rings. The molecule has 0 bridgehead atoms. The Bertz CT molecular complexity index is 5650. The highest BCUT2D eigenvalue weighted by Crippen LogP contribution is 2.37. The lowest BCUT2D eigenvalue weighted by atomic mass is 9.84. The van der Waals surface area contributed by atoms with Crippen LogP contribution in [-0.2, 0) is 78.1 Å². The van der Waals surface area contributed by atoms with Gasteiger partial charge in [0.2, 0.25) is 23.8 Å². The number of nitrogens with one attached hydrogen (secondary N) is 5. The molecule has 4 aromatic carbocycles. The van der Waals surface area contributed by atoms with Crippen molar-refractivity contribution in [1.29, 1.82) is 0 Å². The Morgan fingerprint density at radius 3 is 1.11 bits per heavy atom. The van der Waals surface area contributed by atoms with Crippen molar-refractivity contribution >= 4 is 116 Å². The summed E-state index contributed by atoms with van der Waals surface area (Å²) in [5, 5.41) is 53.3. The van der Waals surface area contributed by atoms with Crippen LogP contribution in [0.5, 0.6) is 0 Å². The number of fused-ring (bicyclic) bond motifs is 4. The standard InChI is InChI=1S/C28H32N6O2.C26H30N6O3.C23H30N6O2.C15H24N6O2/c1-33(17-21-8-4-2-5-9-21)26-25-27(34(19-30-25)18-24(35)36)32-28(31-26)29-16-20-12-14-23(15-13-20)22-10-6-3-7-11-22;1-31(15-21-8-5-13-35-21)24-23-25(32(17-28-23)16-22(33)34)30-26(29-24)27-14-18-9-11-20(12-10-18)19-6-3-2-4-7-19;1-2-12-24-21-20-22(29(15-26-20)14-19(30)31)28-23(27-21)25-13-16-8-10-18(11-9-16)17-6-4-3-5-7-17;1-4-6-7-8-16-15-18-13(20(3)5-2)12-14(19-15)21(10-17-12)9-11(22)23/h2,4-5,8-9,12-15,19,22H,3,6-7,10-11,16-18H2,1H3,(H,35,36)(H,29,31,32);5,8-13,17,19H,2-4,6-7,14-16H2,1H3,(H,33,34)(H,27,29,30);8-11,15,17H,2-7,12-14H2,1H3,(H,30,31)(H2,24,25,27,28);10H,4-9H2,1-3H3,(H,22,23)(H,16,18,19). The van der Waals surface area contributed by atoms with Gasteiger partial charge in [-0.3, -0.25) is 19.2 Å². The van der Waals surface area contributed by atoms with Gasteiger partial charge in [-0.2, -0.15) is 39.9 Å². The van der Waals surface area contributed by atoms with Gasteiger partial charge < -0.3 is 84.4 Å². The first kappa shape index (κ1) is 89.4. The molecule has 16 rings (SSSR count). The molecule has 3 saturated carbocycles. The van der Waals surface area contributed by atoms with Gasteiger partial charge in [0.1, 0.15) is 31.9 Å². The molecule has 3 aliphatic rings. The number of carboxylic acids is 4. The summed E-state index contributed by atoms with van der Waals surface area (Å²) in [6.45, 7) is 10.6. The molecule has 0 aliphatic heterocycles. The van der Waals surface area contributed by atoms with Crippen molar-refractivity contribution in [2.24, 2.45) is 0 Å². The number of hydrogen-bond acceptors (Lipinski definition) is 25. The number of unbranched alkanes of at least 4 members (excludes halogenated alkanes) is 2. The largest absolute Gasteiger partial charge is 0.480 e. The van der Waals surface area contributed by atoms with Gasteiger partial charge in [-0.05, 0) is 127 Å². The summed E-state index contributed by atoms with van der Waals surface area (Å²) >= 11 is 0. The normalized spacial score (nSPS) is 13.7. The maximum absolute atomic E-state index is 11.4. The van der Waals surface area contributed by atoms with Crippen LogP contribution in [0.2, 0.25) is 0 Å². The van der Waals surface area contributed by atoms with E-state index in [1.807, 2.05) is 73.1 Å². The zero-order valence-corrected chi connectivity index (χ0v) is 72.3. The maximum Gasteiger partial charge on any atom is 0.323 e. The summed E-state index contributed by atoms with van der Waals surface area (Å²) in [6.07, 6.45) is 31.7. The molecule has 0 saturated heterocycles. The minimum atomic E-state index is -0.957. The Morgan fingerprint density at radius 1 is 0.376 bits per heavy atom. The molecule has 9 N–H and O–H groups in total. The summed E-state index contributed by atoms with van der Waals surface area (Å²) in [7, 11) is 5.78. The SMILES string of the molecule is CCCCCNc1nc(N(C)CC)c2ncn(CC(=O)O)c2n1.CCCNc1nc(NCc2ccc(C3CCCCC3)cc2)nc2c1ncn2CC(=O)O.CN(Cc1ccccc1)c1nc(NCc2ccc(C3CCCCC3)cc2)nc2c1ncn2CC(=O)O.CN(Cc1ccco1)c1nc(NCc2ccc(C3CCCCC3)cc2)nc2c1ncn2CC(=O)O. The van der Waals surface area contributed by atoms with E-state index in [9.17, 15) is 34.5 Å². The van der Waals surface area contributed by atoms with E-state index in [2.05, 4.69) is 175 Å². The molecule has 3 aliphatic carbocycles. The van der Waals surface area contributed by atoms with Gasteiger partial charge in [0.25, 0.3) is 0 Å². The number of anilines is 8. The van der Waals surface area contributed by atoms with Crippen molar-refractivity contribution in [2.75, 3.05) is 82.1 Å². The first-order valence-electron chi connectivity index (χ1n) is 43.8. The molecule has 0 unspecified atom stereocenters. The van der Waals surface area contributed by atoms with Crippen molar-refractivity contribution in [3.8, 4) is 0 Å². The number of aromatic nitrogens is 16. The van der Waals surface area contributed by atoms with E-state index in [0.717, 1.165) is 73.3 Å². The third-order valence-electron chi connectivity index (χ3n) is 22.9. The van der Waals surface area contributed by atoms with Crippen LogP contribution >= 0.6 is 0 Å². The Labute approximate surface area is 727 Å². The maximum atomic E-state index is 11.4. The second-order valence-electron chi connectivity index (χ2n) is 32.4. The average molecular weight is 1700 g/mol. The van der Waals surface area contributed by atoms with Gasteiger partial charge in [-0.25, -0.2) is 19.9 Å². The highest BCUT2D eigenvalue weighted by molar-refractivity contribution is 5.89. The molecule has 33 heteroatoms. The van der Waals surface area contributed by atoms with Gasteiger partial charge in [0.15, 0.2) is 67.9 Å². The van der Waals surface area contributed by atoms with Gasteiger partial charge in [-0.1, -0.05) is 188 Å². The van der Waals surface area contributed by atoms with Gasteiger partial charge in [0, 0.05) is 67.0 Å². The van der Waals surface area contributed by atoms with Crippen molar-refractivity contribution in [3.05, 3.63) is 192 Å². The number of aliphatic carboxylic acids is 4. The molecule has 125 heavy (non-hydrogen) atoms. The van der Waals surface area contributed by atoms with Crippen molar-refractivity contribution in [3.63, 3.8) is 0 Å². The minimum absolute atomic E-state index is 0.169. The van der Waals surface area contributed by atoms with E-state index in [1.165, 1.54) is 152 Å². The molecule has 0 spiro atoms. The number of nitrogens with zero attached hydrogens (tertiary/aromatic N) is 19. The monoisotopic (exact) mass is 1700 g/mol. The minimum Gasteiger partial charge on any atom is -0.480 e.